The number of methoxy groups -OCH3 is 1. The SMILES string of the molecule is CCCC(=O)c1ccc(CN(C(C(N)=O)c2ccc(OC)cc2)S(=O)(=O)c2ccc(Cl)cc2)cc1. The number of nitrogens with two attached hydrogens (primary N) is 1. The summed E-state index contributed by atoms with van der Waals surface area (Å²) in [6.45, 7) is 1.78. The van der Waals surface area contributed by atoms with Crippen molar-refractivity contribution in [3.05, 3.63) is 94.5 Å². The summed E-state index contributed by atoms with van der Waals surface area (Å²) in [5.74, 6) is -0.267. The molecule has 0 aromatic heterocycles. The van der Waals surface area contributed by atoms with Crippen molar-refractivity contribution in [2.45, 2.75) is 37.2 Å². The Labute approximate surface area is 210 Å². The van der Waals surface area contributed by atoms with Crippen LogP contribution in [-0.2, 0) is 21.4 Å². The number of hydrogen-bond donors (Lipinski definition) is 1. The lowest BCUT2D eigenvalue weighted by Gasteiger charge is -2.29. The quantitative estimate of drug-likeness (QED) is 0.372. The number of nitrogens with zero attached hydrogens (tertiary/aromatic N) is 1. The fourth-order valence-corrected chi connectivity index (χ4v) is 5.36. The zero-order valence-corrected chi connectivity index (χ0v) is 21.1. The maximum absolute atomic E-state index is 13.7. The molecule has 0 heterocycles. The first-order valence-corrected chi connectivity index (χ1v) is 12.8. The molecule has 0 aliphatic rings. The van der Waals surface area contributed by atoms with E-state index in [4.69, 9.17) is 22.1 Å². The van der Waals surface area contributed by atoms with Gasteiger partial charge in [0.15, 0.2) is 5.78 Å². The molecular formula is C26H27ClN2O5S. The first kappa shape index (κ1) is 26.4. The van der Waals surface area contributed by atoms with Crippen LogP contribution in [0.2, 0.25) is 5.02 Å². The van der Waals surface area contributed by atoms with Gasteiger partial charge in [-0.05, 0) is 53.9 Å². The first-order valence-electron chi connectivity index (χ1n) is 11.0. The van der Waals surface area contributed by atoms with E-state index in [1.54, 1.807) is 48.5 Å². The van der Waals surface area contributed by atoms with Gasteiger partial charge in [-0.2, -0.15) is 4.31 Å². The fraction of sp³-hybridized carbons (Fsp3) is 0.231. The Kier molecular flexibility index (Phi) is 8.67. The van der Waals surface area contributed by atoms with Crippen LogP contribution in [0, 0.1) is 0 Å². The summed E-state index contributed by atoms with van der Waals surface area (Å²) < 4.78 is 33.7. The smallest absolute Gasteiger partial charge is 0.244 e. The maximum Gasteiger partial charge on any atom is 0.244 e. The summed E-state index contributed by atoms with van der Waals surface area (Å²) in [6.07, 6.45) is 1.16. The van der Waals surface area contributed by atoms with Gasteiger partial charge < -0.3 is 10.5 Å². The zero-order valence-electron chi connectivity index (χ0n) is 19.5. The standard InChI is InChI=1S/C26H27ClN2O5S/c1-3-4-24(30)19-7-5-18(6-8-19)17-29(35(32,33)23-15-11-21(27)12-16-23)25(26(28)31)20-9-13-22(34-2)14-10-20/h5-16,25H,3-4,17H2,1-2H3,(H2,28,31). The summed E-state index contributed by atoms with van der Waals surface area (Å²) in [6, 6.07) is 17.5. The molecule has 3 aromatic rings. The van der Waals surface area contributed by atoms with E-state index in [-0.39, 0.29) is 17.2 Å². The number of carbonyl (C=O) groups excluding carboxylic acids is 2. The lowest BCUT2D eigenvalue weighted by molar-refractivity contribution is -0.122. The molecule has 1 unspecified atom stereocenters. The van der Waals surface area contributed by atoms with E-state index < -0.39 is 22.0 Å². The molecule has 1 atom stereocenters. The highest BCUT2D eigenvalue weighted by molar-refractivity contribution is 7.89. The van der Waals surface area contributed by atoms with E-state index in [9.17, 15) is 18.0 Å². The molecule has 0 saturated carbocycles. The van der Waals surface area contributed by atoms with Gasteiger partial charge in [0.25, 0.3) is 0 Å². The topological polar surface area (TPSA) is 107 Å². The van der Waals surface area contributed by atoms with Crippen molar-refractivity contribution in [3.63, 3.8) is 0 Å². The van der Waals surface area contributed by atoms with E-state index in [0.29, 0.717) is 33.9 Å². The number of ketones is 1. The molecule has 0 aliphatic heterocycles. The van der Waals surface area contributed by atoms with E-state index in [1.165, 1.54) is 31.4 Å². The third-order valence-electron chi connectivity index (χ3n) is 5.50. The molecule has 0 saturated heterocycles. The lowest BCUT2D eigenvalue weighted by atomic mass is 10.0. The predicted octanol–water partition coefficient (Wildman–Crippen LogP) is 4.75. The highest BCUT2D eigenvalue weighted by atomic mass is 35.5. The molecule has 0 bridgehead atoms. The van der Waals surface area contributed by atoms with Gasteiger partial charge in [-0.15, -0.1) is 0 Å². The van der Waals surface area contributed by atoms with Gasteiger partial charge in [0.1, 0.15) is 11.8 Å². The summed E-state index contributed by atoms with van der Waals surface area (Å²) in [5.41, 5.74) is 7.28. The molecule has 3 rings (SSSR count). The monoisotopic (exact) mass is 514 g/mol. The van der Waals surface area contributed by atoms with E-state index in [1.807, 2.05) is 6.92 Å². The van der Waals surface area contributed by atoms with Crippen molar-refractivity contribution in [3.8, 4) is 5.75 Å². The molecule has 3 aromatic carbocycles. The van der Waals surface area contributed by atoms with Crippen molar-refractivity contribution < 1.29 is 22.7 Å². The van der Waals surface area contributed by atoms with Crippen molar-refractivity contribution >= 4 is 33.3 Å². The van der Waals surface area contributed by atoms with E-state index in [0.717, 1.165) is 10.7 Å². The Morgan fingerprint density at radius 3 is 2.09 bits per heavy atom. The zero-order chi connectivity index (χ0) is 25.6. The average Bonchev–Trinajstić information content (AvgIpc) is 2.84. The molecule has 0 spiro atoms. The molecule has 2 N–H and O–H groups in total. The Hall–Kier alpha value is -3.20. The molecule has 35 heavy (non-hydrogen) atoms. The van der Waals surface area contributed by atoms with Gasteiger partial charge in [0.2, 0.25) is 15.9 Å². The van der Waals surface area contributed by atoms with Crippen molar-refractivity contribution in [1.82, 2.24) is 4.31 Å². The van der Waals surface area contributed by atoms with Crippen LogP contribution in [0.25, 0.3) is 0 Å². The number of benzene rings is 3. The third kappa shape index (κ3) is 6.28. The molecule has 184 valence electrons. The largest absolute Gasteiger partial charge is 0.497 e. The number of rotatable bonds is 11. The second kappa shape index (κ2) is 11.5. The number of halogens is 1. The highest BCUT2D eigenvalue weighted by Crippen LogP contribution is 2.31. The number of sulfonamides is 1. The minimum Gasteiger partial charge on any atom is -0.497 e. The van der Waals surface area contributed by atoms with Gasteiger partial charge in [-0.3, -0.25) is 9.59 Å². The van der Waals surface area contributed by atoms with Crippen LogP contribution in [0.1, 0.15) is 47.3 Å². The number of carbonyl (C=O) groups is 2. The van der Waals surface area contributed by atoms with Gasteiger partial charge >= 0.3 is 0 Å². The van der Waals surface area contributed by atoms with Gasteiger partial charge in [-0.1, -0.05) is 54.9 Å². The van der Waals surface area contributed by atoms with Gasteiger partial charge in [-0.25, -0.2) is 8.42 Å². The summed E-state index contributed by atoms with van der Waals surface area (Å²) in [7, 11) is -2.68. The summed E-state index contributed by atoms with van der Waals surface area (Å²) in [5, 5.41) is 0.379. The van der Waals surface area contributed by atoms with Crippen LogP contribution in [0.5, 0.6) is 5.75 Å². The van der Waals surface area contributed by atoms with Gasteiger partial charge in [0.05, 0.1) is 12.0 Å². The summed E-state index contributed by atoms with van der Waals surface area (Å²) in [4.78, 5) is 24.8. The molecule has 9 heteroatoms. The number of ether oxygens (including phenoxy) is 1. The molecular weight excluding hydrogens is 488 g/mol. The second-order valence-electron chi connectivity index (χ2n) is 7.95. The average molecular weight is 515 g/mol. The molecule has 7 nitrogen and oxygen atoms in total. The van der Waals surface area contributed by atoms with Crippen LogP contribution in [-0.4, -0.2) is 31.5 Å². The first-order chi connectivity index (χ1) is 16.7. The van der Waals surface area contributed by atoms with E-state index in [2.05, 4.69) is 0 Å². The second-order valence-corrected chi connectivity index (χ2v) is 10.3. The van der Waals surface area contributed by atoms with Crippen LogP contribution in [0.15, 0.2) is 77.7 Å². The van der Waals surface area contributed by atoms with Crippen molar-refractivity contribution in [2.24, 2.45) is 5.73 Å². The number of hydrogen-bond acceptors (Lipinski definition) is 5. The maximum atomic E-state index is 13.7. The molecule has 0 fully saturated rings. The van der Waals surface area contributed by atoms with E-state index >= 15 is 0 Å². The van der Waals surface area contributed by atoms with Crippen molar-refractivity contribution in [2.75, 3.05) is 7.11 Å². The lowest BCUT2D eigenvalue weighted by Crippen LogP contribution is -2.41. The van der Waals surface area contributed by atoms with Crippen molar-refractivity contribution in [1.29, 1.82) is 0 Å². The fourth-order valence-electron chi connectivity index (χ4n) is 3.66. The Morgan fingerprint density at radius 1 is 0.971 bits per heavy atom. The minimum atomic E-state index is -4.18. The van der Waals surface area contributed by atoms with Crippen LogP contribution in [0.4, 0.5) is 0 Å². The summed E-state index contributed by atoms with van der Waals surface area (Å²) >= 11 is 5.95. The van der Waals surface area contributed by atoms with Crippen LogP contribution < -0.4 is 10.5 Å². The van der Waals surface area contributed by atoms with Gasteiger partial charge in [0, 0.05) is 23.6 Å². The predicted molar refractivity (Wildman–Crippen MR) is 135 cm³/mol. The number of primary amides is 1. The Bertz CT molecular complexity index is 1270. The molecule has 1 amide bonds. The molecule has 0 radical (unpaired) electrons. The number of Topliss-reactive ketones (excluding diaryl/α,β-unsaturated/α-hetero) is 1. The Balaban J connectivity index is 2.07. The minimum absolute atomic E-state index is 0.0120. The molecule has 0 aliphatic carbocycles. The normalized spacial score (nSPS) is 12.3. The Morgan fingerprint density at radius 2 is 1.57 bits per heavy atom. The van der Waals surface area contributed by atoms with Crippen LogP contribution in [0.3, 0.4) is 0 Å². The third-order valence-corrected chi connectivity index (χ3v) is 7.58. The van der Waals surface area contributed by atoms with Crippen LogP contribution >= 0.6 is 11.6 Å². The number of amides is 1. The highest BCUT2D eigenvalue weighted by Gasteiger charge is 2.36.